The molecule has 0 amide bonds. The van der Waals surface area contributed by atoms with Gasteiger partial charge in [-0.3, -0.25) is 0 Å². The lowest BCUT2D eigenvalue weighted by atomic mass is 10.1. The second-order valence-corrected chi connectivity index (χ2v) is 6.09. The molecule has 1 unspecified atom stereocenters. The summed E-state index contributed by atoms with van der Waals surface area (Å²) in [6, 6.07) is 6.18. The predicted octanol–water partition coefficient (Wildman–Crippen LogP) is 6.47. The molecule has 1 rings (SSSR count). The maximum atomic E-state index is 6.33. The first-order valence-corrected chi connectivity index (χ1v) is 9.26. The van der Waals surface area contributed by atoms with Crippen LogP contribution >= 0.6 is 0 Å². The fourth-order valence-electron chi connectivity index (χ4n) is 2.60. The quantitative estimate of drug-likeness (QED) is 0.325. The molecule has 2 heteroatoms. The Bertz CT molecular complexity index is 451. The molecule has 0 fully saturated rings. The van der Waals surface area contributed by atoms with E-state index >= 15 is 0 Å². The van der Waals surface area contributed by atoms with E-state index in [2.05, 4.69) is 45.1 Å². The lowest BCUT2D eigenvalue weighted by molar-refractivity contribution is 0.179. The molecule has 0 aliphatic heterocycles. The lowest BCUT2D eigenvalue weighted by Gasteiger charge is -2.20. The normalized spacial score (nSPS) is 12.5. The first-order chi connectivity index (χ1) is 11.2. The average Bonchev–Trinajstić information content (AvgIpc) is 2.54. The fraction of sp³-hybridized carbons (Fsp3) is 0.619. The molecule has 0 saturated heterocycles. The zero-order valence-corrected chi connectivity index (χ0v) is 15.4. The third kappa shape index (κ3) is 8.11. The van der Waals surface area contributed by atoms with Gasteiger partial charge < -0.3 is 9.47 Å². The molecule has 0 N–H and O–H groups in total. The molecule has 0 aliphatic rings. The molecule has 2 nitrogen and oxygen atoms in total. The molecule has 0 spiro atoms. The summed E-state index contributed by atoms with van der Waals surface area (Å²) in [7, 11) is 0. The van der Waals surface area contributed by atoms with Gasteiger partial charge in [0.1, 0.15) is 6.10 Å². The van der Waals surface area contributed by atoms with Crippen molar-refractivity contribution < 1.29 is 9.47 Å². The Kier molecular flexibility index (Phi) is 10.3. The second-order valence-electron chi connectivity index (χ2n) is 6.09. The summed E-state index contributed by atoms with van der Waals surface area (Å²) in [5.41, 5.74) is 1.21. The van der Waals surface area contributed by atoms with Crippen molar-refractivity contribution in [3.8, 4) is 11.5 Å². The summed E-state index contributed by atoms with van der Waals surface area (Å²) >= 11 is 0. The van der Waals surface area contributed by atoms with Crippen molar-refractivity contribution in [2.45, 2.75) is 78.7 Å². The third-order valence-corrected chi connectivity index (χ3v) is 3.87. The first-order valence-electron chi connectivity index (χ1n) is 9.26. The first kappa shape index (κ1) is 19.6. The molecular weight excluding hydrogens is 284 g/mol. The highest BCUT2D eigenvalue weighted by molar-refractivity contribution is 5.42. The summed E-state index contributed by atoms with van der Waals surface area (Å²) in [5.74, 6) is 1.74. The van der Waals surface area contributed by atoms with Crippen LogP contribution < -0.4 is 9.47 Å². The van der Waals surface area contributed by atoms with Gasteiger partial charge in [0.15, 0.2) is 11.5 Å². The maximum absolute atomic E-state index is 6.33. The van der Waals surface area contributed by atoms with Crippen molar-refractivity contribution in [3.63, 3.8) is 0 Å². The minimum Gasteiger partial charge on any atom is -0.490 e. The number of benzene rings is 1. The van der Waals surface area contributed by atoms with E-state index in [-0.39, 0.29) is 6.10 Å². The number of unbranched alkanes of at least 4 members (excludes halogenated alkanes) is 3. The van der Waals surface area contributed by atoms with Crippen molar-refractivity contribution >= 4 is 0 Å². The Labute approximate surface area is 142 Å². The molecule has 0 heterocycles. The van der Waals surface area contributed by atoms with E-state index in [0.717, 1.165) is 30.8 Å². The van der Waals surface area contributed by atoms with E-state index in [1.54, 1.807) is 0 Å². The maximum Gasteiger partial charge on any atom is 0.161 e. The SMILES string of the molecule is CC/C=C/CC(CCCCCC)Oc1cc(C)ccc1OCC. The molecule has 0 radical (unpaired) electrons. The Hall–Kier alpha value is -1.44. The number of ether oxygens (including phenoxy) is 2. The molecule has 0 aliphatic carbocycles. The predicted molar refractivity (Wildman–Crippen MR) is 99.6 cm³/mol. The van der Waals surface area contributed by atoms with Crippen LogP contribution in [0.1, 0.15) is 71.3 Å². The smallest absolute Gasteiger partial charge is 0.161 e. The van der Waals surface area contributed by atoms with Gasteiger partial charge in [0.25, 0.3) is 0 Å². The summed E-state index contributed by atoms with van der Waals surface area (Å²) in [6.07, 6.45) is 13.0. The van der Waals surface area contributed by atoms with E-state index < -0.39 is 0 Å². The molecule has 1 atom stereocenters. The molecule has 1 aromatic rings. The minimum atomic E-state index is 0.232. The van der Waals surface area contributed by atoms with E-state index in [1.807, 2.05) is 13.0 Å². The van der Waals surface area contributed by atoms with Crippen LogP contribution in [0.3, 0.4) is 0 Å². The minimum absolute atomic E-state index is 0.232. The third-order valence-electron chi connectivity index (χ3n) is 3.87. The van der Waals surface area contributed by atoms with Crippen LogP contribution in [0.15, 0.2) is 30.4 Å². The van der Waals surface area contributed by atoms with E-state index in [9.17, 15) is 0 Å². The molecule has 0 bridgehead atoms. The number of rotatable bonds is 12. The van der Waals surface area contributed by atoms with Gasteiger partial charge in [0.2, 0.25) is 0 Å². The van der Waals surface area contributed by atoms with E-state index in [4.69, 9.17) is 9.47 Å². The molecule has 1 aromatic carbocycles. The highest BCUT2D eigenvalue weighted by Crippen LogP contribution is 2.30. The lowest BCUT2D eigenvalue weighted by Crippen LogP contribution is -2.16. The van der Waals surface area contributed by atoms with Gasteiger partial charge in [-0.15, -0.1) is 0 Å². The summed E-state index contributed by atoms with van der Waals surface area (Å²) < 4.78 is 12.0. The second kappa shape index (κ2) is 12.0. The Balaban J connectivity index is 2.73. The monoisotopic (exact) mass is 318 g/mol. The van der Waals surface area contributed by atoms with Crippen LogP contribution in [0.4, 0.5) is 0 Å². The average molecular weight is 319 g/mol. The van der Waals surface area contributed by atoms with E-state index in [0.29, 0.717) is 6.61 Å². The van der Waals surface area contributed by atoms with Crippen LogP contribution in [-0.2, 0) is 0 Å². The molecule has 0 saturated carbocycles. The van der Waals surface area contributed by atoms with Crippen molar-refractivity contribution in [2.24, 2.45) is 0 Å². The van der Waals surface area contributed by atoms with Gasteiger partial charge >= 0.3 is 0 Å². The molecule has 23 heavy (non-hydrogen) atoms. The van der Waals surface area contributed by atoms with Gasteiger partial charge in [-0.2, -0.15) is 0 Å². The number of allylic oxidation sites excluding steroid dienone is 1. The zero-order chi connectivity index (χ0) is 16.9. The molecule has 130 valence electrons. The standard InChI is InChI=1S/C21H34O2/c1-5-8-10-12-14-19(13-11-9-6-2)23-21-17-18(4)15-16-20(21)22-7-3/h9,11,15-17,19H,5-8,10,12-14H2,1-4H3/b11-9+. The van der Waals surface area contributed by atoms with Crippen LogP contribution in [0, 0.1) is 6.92 Å². The number of hydrogen-bond donors (Lipinski definition) is 0. The Morgan fingerprint density at radius 2 is 1.83 bits per heavy atom. The summed E-state index contributed by atoms with van der Waals surface area (Å²) in [5, 5.41) is 0. The van der Waals surface area contributed by atoms with Gasteiger partial charge in [-0.05, 0) is 50.8 Å². The molecule has 0 aromatic heterocycles. The van der Waals surface area contributed by atoms with Crippen molar-refractivity contribution in [1.29, 1.82) is 0 Å². The Morgan fingerprint density at radius 3 is 2.52 bits per heavy atom. The highest BCUT2D eigenvalue weighted by atomic mass is 16.5. The van der Waals surface area contributed by atoms with Crippen LogP contribution in [0.25, 0.3) is 0 Å². The van der Waals surface area contributed by atoms with Crippen molar-refractivity contribution in [3.05, 3.63) is 35.9 Å². The zero-order valence-electron chi connectivity index (χ0n) is 15.4. The highest BCUT2D eigenvalue weighted by Gasteiger charge is 2.13. The van der Waals surface area contributed by atoms with Crippen LogP contribution in [0.5, 0.6) is 11.5 Å². The summed E-state index contributed by atoms with van der Waals surface area (Å²) in [4.78, 5) is 0. The Morgan fingerprint density at radius 1 is 1.00 bits per heavy atom. The van der Waals surface area contributed by atoms with Gasteiger partial charge in [-0.25, -0.2) is 0 Å². The van der Waals surface area contributed by atoms with Gasteiger partial charge in [0, 0.05) is 6.42 Å². The van der Waals surface area contributed by atoms with Crippen LogP contribution in [-0.4, -0.2) is 12.7 Å². The van der Waals surface area contributed by atoms with Gasteiger partial charge in [-0.1, -0.05) is 51.3 Å². The van der Waals surface area contributed by atoms with Gasteiger partial charge in [0.05, 0.1) is 6.61 Å². The van der Waals surface area contributed by atoms with Crippen molar-refractivity contribution in [2.75, 3.05) is 6.61 Å². The molecular formula is C21H34O2. The van der Waals surface area contributed by atoms with Crippen molar-refractivity contribution in [1.82, 2.24) is 0 Å². The van der Waals surface area contributed by atoms with E-state index in [1.165, 1.54) is 31.2 Å². The fourth-order valence-corrected chi connectivity index (χ4v) is 2.60. The summed E-state index contributed by atoms with van der Waals surface area (Å²) in [6.45, 7) is 9.18. The number of hydrogen-bond acceptors (Lipinski definition) is 2. The van der Waals surface area contributed by atoms with Crippen LogP contribution in [0.2, 0.25) is 0 Å². The largest absolute Gasteiger partial charge is 0.490 e. The topological polar surface area (TPSA) is 18.5 Å². The number of aryl methyl sites for hydroxylation is 1.